The molecule has 0 aliphatic carbocycles. The minimum Gasteiger partial charge on any atom is -0.479 e. The molecule has 2 unspecified atom stereocenters. The van der Waals surface area contributed by atoms with E-state index in [9.17, 15) is 4.79 Å². The van der Waals surface area contributed by atoms with Gasteiger partial charge in [0.1, 0.15) is 0 Å². The zero-order valence-electron chi connectivity index (χ0n) is 7.95. The Morgan fingerprint density at radius 3 is 3.00 bits per heavy atom. The van der Waals surface area contributed by atoms with Gasteiger partial charge in [-0.15, -0.1) is 0 Å². The molecule has 0 aromatic rings. The molecular formula is C9H17NO3. The molecule has 1 heterocycles. The van der Waals surface area contributed by atoms with Gasteiger partial charge >= 0.3 is 5.97 Å². The largest absolute Gasteiger partial charge is 0.479 e. The van der Waals surface area contributed by atoms with Gasteiger partial charge in [0.25, 0.3) is 0 Å². The van der Waals surface area contributed by atoms with Crippen molar-refractivity contribution in [3.05, 3.63) is 0 Å². The van der Waals surface area contributed by atoms with E-state index < -0.39 is 12.1 Å². The first kappa shape index (κ1) is 10.5. The van der Waals surface area contributed by atoms with E-state index >= 15 is 0 Å². The maximum absolute atomic E-state index is 10.6. The zero-order valence-corrected chi connectivity index (χ0v) is 7.95. The molecule has 2 N–H and O–H groups in total. The van der Waals surface area contributed by atoms with Gasteiger partial charge in [-0.2, -0.15) is 0 Å². The number of rotatable bonds is 5. The van der Waals surface area contributed by atoms with Crippen LogP contribution in [0.1, 0.15) is 26.2 Å². The lowest BCUT2D eigenvalue weighted by Crippen LogP contribution is -2.32. The highest BCUT2D eigenvalue weighted by molar-refractivity contribution is 5.72. The summed E-state index contributed by atoms with van der Waals surface area (Å²) in [5.41, 5.74) is 0. The van der Waals surface area contributed by atoms with Crippen molar-refractivity contribution in [2.75, 3.05) is 13.2 Å². The molecule has 0 amide bonds. The van der Waals surface area contributed by atoms with E-state index in [0.29, 0.717) is 19.1 Å². The molecule has 0 bridgehead atoms. The summed E-state index contributed by atoms with van der Waals surface area (Å²) in [5, 5.41) is 12.0. The average Bonchev–Trinajstić information content (AvgIpc) is 2.57. The van der Waals surface area contributed by atoms with E-state index in [2.05, 4.69) is 5.32 Å². The monoisotopic (exact) mass is 187 g/mol. The first-order valence-electron chi connectivity index (χ1n) is 4.81. The Hall–Kier alpha value is -0.610. The van der Waals surface area contributed by atoms with Gasteiger partial charge in [0.05, 0.1) is 6.61 Å². The lowest BCUT2D eigenvalue weighted by molar-refractivity contribution is -0.150. The number of carbonyl (C=O) groups is 1. The van der Waals surface area contributed by atoms with Gasteiger partial charge in [-0.1, -0.05) is 6.92 Å². The van der Waals surface area contributed by atoms with Gasteiger partial charge in [0, 0.05) is 6.04 Å². The van der Waals surface area contributed by atoms with Crippen molar-refractivity contribution in [2.24, 2.45) is 0 Å². The van der Waals surface area contributed by atoms with E-state index in [4.69, 9.17) is 9.84 Å². The Balaban J connectivity index is 2.18. The molecule has 0 aromatic carbocycles. The molecule has 0 saturated carbocycles. The van der Waals surface area contributed by atoms with Crippen LogP contribution < -0.4 is 5.32 Å². The van der Waals surface area contributed by atoms with Crippen LogP contribution in [0.15, 0.2) is 0 Å². The highest BCUT2D eigenvalue weighted by Crippen LogP contribution is 2.07. The van der Waals surface area contributed by atoms with Gasteiger partial charge in [0.15, 0.2) is 6.10 Å². The number of carboxylic acid groups (broad SMARTS) is 1. The molecule has 1 fully saturated rings. The number of aliphatic carboxylic acids is 1. The van der Waals surface area contributed by atoms with Gasteiger partial charge in [-0.05, 0) is 25.8 Å². The molecule has 1 aliphatic heterocycles. The molecule has 2 atom stereocenters. The number of hydrogen-bond donors (Lipinski definition) is 2. The van der Waals surface area contributed by atoms with Crippen molar-refractivity contribution in [3.63, 3.8) is 0 Å². The first-order valence-corrected chi connectivity index (χ1v) is 4.81. The normalized spacial score (nSPS) is 24.5. The number of nitrogens with one attached hydrogen (secondary N) is 1. The molecule has 76 valence electrons. The molecule has 1 rings (SSSR count). The smallest absolute Gasteiger partial charge is 0.332 e. The third kappa shape index (κ3) is 3.32. The van der Waals surface area contributed by atoms with Crippen LogP contribution in [0.2, 0.25) is 0 Å². The quantitative estimate of drug-likeness (QED) is 0.662. The van der Waals surface area contributed by atoms with E-state index in [1.807, 2.05) is 6.92 Å². The van der Waals surface area contributed by atoms with Crippen LogP contribution >= 0.6 is 0 Å². The highest BCUT2D eigenvalue weighted by Gasteiger charge is 2.19. The second-order valence-electron chi connectivity index (χ2n) is 3.36. The lowest BCUT2D eigenvalue weighted by atomic mass is 10.2. The van der Waals surface area contributed by atoms with Crippen molar-refractivity contribution in [2.45, 2.75) is 38.3 Å². The molecular weight excluding hydrogens is 170 g/mol. The van der Waals surface area contributed by atoms with Crippen LogP contribution in [0, 0.1) is 0 Å². The second kappa shape index (κ2) is 5.19. The third-order valence-electron chi connectivity index (χ3n) is 2.31. The standard InChI is InChI=1S/C9H17NO3/c1-2-8(9(11)12)13-6-7-4-3-5-10-7/h7-8,10H,2-6H2,1H3,(H,11,12). The Morgan fingerprint density at radius 2 is 2.54 bits per heavy atom. The zero-order chi connectivity index (χ0) is 9.68. The minimum absolute atomic E-state index is 0.355. The van der Waals surface area contributed by atoms with Crippen LogP contribution in [0.4, 0.5) is 0 Å². The van der Waals surface area contributed by atoms with Gasteiger partial charge in [-0.3, -0.25) is 0 Å². The molecule has 4 nitrogen and oxygen atoms in total. The van der Waals surface area contributed by atoms with Crippen LogP contribution in [0.3, 0.4) is 0 Å². The average molecular weight is 187 g/mol. The van der Waals surface area contributed by atoms with Crippen molar-refractivity contribution < 1.29 is 14.6 Å². The first-order chi connectivity index (χ1) is 6.24. The maximum atomic E-state index is 10.6. The van der Waals surface area contributed by atoms with Gasteiger partial charge < -0.3 is 15.2 Å². The fourth-order valence-electron chi connectivity index (χ4n) is 1.50. The van der Waals surface area contributed by atoms with E-state index in [-0.39, 0.29) is 0 Å². The van der Waals surface area contributed by atoms with E-state index in [1.165, 1.54) is 0 Å². The SMILES string of the molecule is CCC(OCC1CCCN1)C(=O)O. The lowest BCUT2D eigenvalue weighted by Gasteiger charge is -2.15. The summed E-state index contributed by atoms with van der Waals surface area (Å²) in [6.45, 7) is 3.36. The Bertz CT molecular complexity index is 166. The predicted octanol–water partition coefficient (Wildman–Crippen LogP) is 0.618. The summed E-state index contributed by atoms with van der Waals surface area (Å²) in [7, 11) is 0. The summed E-state index contributed by atoms with van der Waals surface area (Å²) in [6.07, 6.45) is 2.15. The third-order valence-corrected chi connectivity index (χ3v) is 2.31. The summed E-state index contributed by atoms with van der Waals surface area (Å²) in [4.78, 5) is 10.6. The Kier molecular flexibility index (Phi) is 4.18. The molecule has 1 saturated heterocycles. The number of carboxylic acids is 1. The summed E-state index contributed by atoms with van der Waals surface area (Å²) in [5.74, 6) is -0.861. The van der Waals surface area contributed by atoms with Crippen molar-refractivity contribution in [1.29, 1.82) is 0 Å². The van der Waals surface area contributed by atoms with Crippen molar-refractivity contribution in [1.82, 2.24) is 5.32 Å². The Morgan fingerprint density at radius 1 is 1.77 bits per heavy atom. The van der Waals surface area contributed by atoms with Crippen LogP contribution in [0.5, 0.6) is 0 Å². The Labute approximate surface area is 78.3 Å². The van der Waals surface area contributed by atoms with Crippen LogP contribution in [-0.2, 0) is 9.53 Å². The van der Waals surface area contributed by atoms with Crippen LogP contribution in [-0.4, -0.2) is 36.4 Å². The number of hydrogen-bond acceptors (Lipinski definition) is 3. The van der Waals surface area contributed by atoms with Crippen LogP contribution in [0.25, 0.3) is 0 Å². The predicted molar refractivity (Wildman–Crippen MR) is 48.7 cm³/mol. The fraction of sp³-hybridized carbons (Fsp3) is 0.889. The fourth-order valence-corrected chi connectivity index (χ4v) is 1.50. The van der Waals surface area contributed by atoms with E-state index in [0.717, 1.165) is 19.4 Å². The van der Waals surface area contributed by atoms with E-state index in [1.54, 1.807) is 0 Å². The summed E-state index contributed by atoms with van der Waals surface area (Å²) < 4.78 is 5.27. The highest BCUT2D eigenvalue weighted by atomic mass is 16.5. The summed E-state index contributed by atoms with van der Waals surface area (Å²) in [6, 6.07) is 0.355. The van der Waals surface area contributed by atoms with Gasteiger partial charge in [0.2, 0.25) is 0 Å². The minimum atomic E-state index is -0.861. The van der Waals surface area contributed by atoms with Gasteiger partial charge in [-0.25, -0.2) is 4.79 Å². The molecule has 0 radical (unpaired) electrons. The molecule has 4 heteroatoms. The molecule has 0 spiro atoms. The molecule has 0 aromatic heterocycles. The van der Waals surface area contributed by atoms with Crippen molar-refractivity contribution in [3.8, 4) is 0 Å². The number of ether oxygens (including phenoxy) is 1. The molecule has 13 heavy (non-hydrogen) atoms. The second-order valence-corrected chi connectivity index (χ2v) is 3.36. The molecule has 1 aliphatic rings. The van der Waals surface area contributed by atoms with Crippen molar-refractivity contribution >= 4 is 5.97 Å². The summed E-state index contributed by atoms with van der Waals surface area (Å²) >= 11 is 0. The maximum Gasteiger partial charge on any atom is 0.332 e. The topological polar surface area (TPSA) is 58.6 Å².